The van der Waals surface area contributed by atoms with Crippen molar-refractivity contribution in [3.8, 4) is 0 Å². The van der Waals surface area contributed by atoms with Crippen molar-refractivity contribution in [2.24, 2.45) is 4.99 Å². The molecule has 166 valence electrons. The van der Waals surface area contributed by atoms with E-state index in [1.807, 2.05) is 18.9 Å². The van der Waals surface area contributed by atoms with Gasteiger partial charge in [0.25, 0.3) is 0 Å². The molecule has 0 saturated carbocycles. The van der Waals surface area contributed by atoms with E-state index in [-0.39, 0.29) is 11.1 Å². The number of carbonyl (C=O) groups is 1. The second-order valence-electron chi connectivity index (χ2n) is 6.96. The summed E-state index contributed by atoms with van der Waals surface area (Å²) >= 11 is 0. The average molecular weight is 450 g/mol. The van der Waals surface area contributed by atoms with Gasteiger partial charge in [0.2, 0.25) is 0 Å². The maximum atomic E-state index is 12.9. The molecule has 0 atom stereocenters. The summed E-state index contributed by atoms with van der Waals surface area (Å²) < 4.78 is 69.8. The Bertz CT molecular complexity index is 991. The van der Waals surface area contributed by atoms with E-state index in [2.05, 4.69) is 4.99 Å². The largest absolute Gasteiger partial charge is 0.457 e. The van der Waals surface area contributed by atoms with Gasteiger partial charge in [-0.1, -0.05) is 31.6 Å². The van der Waals surface area contributed by atoms with Crippen LogP contribution in [0.5, 0.6) is 0 Å². The molecule has 0 aromatic heterocycles. The van der Waals surface area contributed by atoms with Gasteiger partial charge in [0.15, 0.2) is 0 Å². The van der Waals surface area contributed by atoms with Crippen LogP contribution < -0.4 is 0 Å². The maximum Gasteiger partial charge on any atom is 0.338 e. The first kappa shape index (κ1) is 23.7. The molecule has 0 spiro atoms. The molecule has 0 saturated heterocycles. The third kappa shape index (κ3) is 6.19. The summed E-state index contributed by atoms with van der Waals surface area (Å²) in [6, 6.07) is 5.90. The van der Waals surface area contributed by atoms with Crippen molar-refractivity contribution in [3.63, 3.8) is 0 Å². The molecule has 2 aromatic carbocycles. The number of ether oxygens (including phenoxy) is 1. The van der Waals surface area contributed by atoms with Gasteiger partial charge in [0.1, 0.15) is 11.5 Å². The molecule has 2 rings (SSSR count). The molecule has 0 unspecified atom stereocenters. The van der Waals surface area contributed by atoms with Gasteiger partial charge >= 0.3 is 16.2 Å². The molecular weight excluding hydrogens is 427 g/mol. The van der Waals surface area contributed by atoms with Crippen molar-refractivity contribution in [1.29, 1.82) is 0 Å². The van der Waals surface area contributed by atoms with Crippen LogP contribution in [0.25, 0.3) is 0 Å². The van der Waals surface area contributed by atoms with Crippen LogP contribution in [0.4, 0.5) is 25.1 Å². The fourth-order valence-corrected chi connectivity index (χ4v) is 3.21. The Kier molecular flexibility index (Phi) is 5.97. The predicted octanol–water partition coefficient (Wildman–Crippen LogP) is 6.93. The predicted molar refractivity (Wildman–Crippen MR) is 109 cm³/mol. The molecule has 0 heterocycles. The van der Waals surface area contributed by atoms with Crippen molar-refractivity contribution < 1.29 is 29.0 Å². The Morgan fingerprint density at radius 1 is 1.10 bits per heavy atom. The lowest BCUT2D eigenvalue weighted by atomic mass is 10.0. The average Bonchev–Trinajstić information content (AvgIpc) is 2.64. The highest BCUT2D eigenvalue weighted by Crippen LogP contribution is 3.02. The van der Waals surface area contributed by atoms with Crippen LogP contribution in [0.2, 0.25) is 0 Å². The molecule has 10 heteroatoms. The van der Waals surface area contributed by atoms with E-state index in [1.54, 1.807) is 32.3 Å². The molecular formula is C20H23F5N2O2S. The molecule has 0 N–H and O–H groups in total. The van der Waals surface area contributed by atoms with Crippen LogP contribution in [0.3, 0.4) is 0 Å². The zero-order chi connectivity index (χ0) is 22.8. The second-order valence-corrected chi connectivity index (χ2v) is 9.37. The number of nitrogens with zero attached hydrogens (tertiary/aromatic N) is 2. The van der Waals surface area contributed by atoms with Crippen molar-refractivity contribution in [2.75, 3.05) is 13.6 Å². The number of benzene rings is 2. The third-order valence-corrected chi connectivity index (χ3v) is 5.51. The fourth-order valence-electron chi connectivity index (χ4n) is 2.50. The number of halogens is 5. The summed E-state index contributed by atoms with van der Waals surface area (Å²) in [6.45, 7) is 5.60. The summed E-state index contributed by atoms with van der Waals surface area (Å²) in [6.07, 6.45) is 1.66. The number of aryl methyl sites for hydroxylation is 2. The van der Waals surface area contributed by atoms with Crippen LogP contribution in [-0.4, -0.2) is 30.8 Å². The number of carbonyl (C=O) groups excluding carboxylic acids is 1. The lowest BCUT2D eigenvalue weighted by molar-refractivity contribution is 0.0471. The molecule has 4 nitrogen and oxygen atoms in total. The first-order chi connectivity index (χ1) is 13.6. The molecule has 0 aliphatic heterocycles. The minimum Gasteiger partial charge on any atom is -0.457 e. The molecule has 0 aliphatic carbocycles. The Balaban J connectivity index is 2.18. The molecule has 30 heavy (non-hydrogen) atoms. The SMILES string of the molecule is CCN(C)C=Nc1cc(C)c(C(=O)OCc2cccc(S(F)(F)(F)(F)F)c2)cc1C. The van der Waals surface area contributed by atoms with Crippen molar-refractivity contribution in [1.82, 2.24) is 4.90 Å². The summed E-state index contributed by atoms with van der Waals surface area (Å²) in [5.41, 5.74) is 1.97. The highest BCUT2D eigenvalue weighted by molar-refractivity contribution is 8.45. The lowest BCUT2D eigenvalue weighted by Gasteiger charge is -2.40. The van der Waals surface area contributed by atoms with E-state index in [9.17, 15) is 24.2 Å². The van der Waals surface area contributed by atoms with Crippen LogP contribution in [0.15, 0.2) is 46.3 Å². The lowest BCUT2D eigenvalue weighted by Crippen LogP contribution is -2.14. The Hall–Kier alpha value is -2.62. The highest BCUT2D eigenvalue weighted by Gasteiger charge is 2.65. The first-order valence-corrected chi connectivity index (χ1v) is 10.9. The Morgan fingerprint density at radius 2 is 1.77 bits per heavy atom. The van der Waals surface area contributed by atoms with E-state index in [0.717, 1.165) is 12.6 Å². The van der Waals surface area contributed by atoms with Crippen LogP contribution >= 0.6 is 10.2 Å². The maximum absolute atomic E-state index is 12.9. The zero-order valence-corrected chi connectivity index (χ0v) is 17.8. The van der Waals surface area contributed by atoms with Gasteiger partial charge in [0.05, 0.1) is 17.6 Å². The summed E-state index contributed by atoms with van der Waals surface area (Å²) in [4.78, 5) is 16.6. The van der Waals surface area contributed by atoms with E-state index in [1.165, 1.54) is 6.07 Å². The number of hydrogen-bond donors (Lipinski definition) is 0. The smallest absolute Gasteiger partial charge is 0.338 e. The topological polar surface area (TPSA) is 41.9 Å². The van der Waals surface area contributed by atoms with E-state index >= 15 is 0 Å². The quantitative estimate of drug-likeness (QED) is 0.199. The van der Waals surface area contributed by atoms with Gasteiger partial charge in [0, 0.05) is 13.6 Å². The molecule has 0 aliphatic rings. The number of esters is 1. The number of hydrogen-bond acceptors (Lipinski definition) is 3. The minimum atomic E-state index is -9.80. The standard InChI is InChI=1S/C20H23F5N2O2S/c1-5-27(4)13-26-19-10-14(2)18(9-15(19)3)20(28)29-12-16-7-6-8-17(11-16)30(21,22,23,24)25/h6-11,13H,5,12H2,1-4H3. The van der Waals surface area contributed by atoms with Gasteiger partial charge < -0.3 is 9.64 Å². The summed E-state index contributed by atoms with van der Waals surface area (Å²) in [5, 5.41) is 0. The van der Waals surface area contributed by atoms with Crippen molar-refractivity contribution in [2.45, 2.75) is 32.3 Å². The minimum absolute atomic E-state index is 0.188. The van der Waals surface area contributed by atoms with Crippen molar-refractivity contribution in [3.05, 3.63) is 58.7 Å². The second kappa shape index (κ2) is 7.57. The third-order valence-electron chi connectivity index (χ3n) is 4.37. The first-order valence-electron chi connectivity index (χ1n) is 8.96. The molecule has 0 fully saturated rings. The normalized spacial score (nSPS) is 14.3. The van der Waals surface area contributed by atoms with E-state index in [0.29, 0.717) is 28.9 Å². The summed E-state index contributed by atoms with van der Waals surface area (Å²) in [7, 11) is -7.93. The van der Waals surface area contributed by atoms with Crippen LogP contribution in [-0.2, 0) is 11.3 Å². The van der Waals surface area contributed by atoms with E-state index in [4.69, 9.17) is 4.74 Å². The zero-order valence-electron chi connectivity index (χ0n) is 17.0. The van der Waals surface area contributed by atoms with Gasteiger partial charge in [-0.25, -0.2) is 9.79 Å². The summed E-state index contributed by atoms with van der Waals surface area (Å²) in [5.74, 6) is -0.769. The van der Waals surface area contributed by atoms with Gasteiger partial charge in [-0.15, -0.1) is 0 Å². The Labute approximate surface area is 172 Å². The van der Waals surface area contributed by atoms with Gasteiger partial charge in [-0.05, 0) is 61.7 Å². The Morgan fingerprint density at radius 3 is 2.37 bits per heavy atom. The monoisotopic (exact) mass is 450 g/mol. The molecule has 2 aromatic rings. The van der Waals surface area contributed by atoms with Crippen LogP contribution in [0.1, 0.15) is 34.0 Å². The number of rotatable bonds is 7. The van der Waals surface area contributed by atoms with Crippen molar-refractivity contribution >= 4 is 28.2 Å². The fraction of sp³-hybridized carbons (Fsp3) is 0.300. The van der Waals surface area contributed by atoms with Crippen LogP contribution in [0, 0.1) is 13.8 Å². The molecule has 0 bridgehead atoms. The van der Waals surface area contributed by atoms with Gasteiger partial charge in [-0.3, -0.25) is 0 Å². The van der Waals surface area contributed by atoms with Gasteiger partial charge in [-0.2, -0.15) is 0 Å². The highest BCUT2D eigenvalue weighted by atomic mass is 32.5. The molecule has 0 radical (unpaired) electrons. The number of aliphatic imine (C=N–C) groups is 1. The van der Waals surface area contributed by atoms with E-state index < -0.39 is 27.7 Å². The molecule has 0 amide bonds.